The second-order valence-electron chi connectivity index (χ2n) is 5.91. The monoisotopic (exact) mass is 351 g/mol. The Kier molecular flexibility index (Phi) is 5.07. The van der Waals surface area contributed by atoms with Gasteiger partial charge in [0.1, 0.15) is 5.82 Å². The molecule has 0 saturated carbocycles. The number of para-hydroxylation sites is 1. The molecule has 4 nitrogen and oxygen atoms in total. The lowest BCUT2D eigenvalue weighted by molar-refractivity contribution is 0.0471. The quantitative estimate of drug-likeness (QED) is 0.508. The number of nitrogens with zero attached hydrogens (tertiary/aromatic N) is 1. The Labute approximate surface area is 150 Å². The zero-order chi connectivity index (χ0) is 18.7. The Morgan fingerprint density at radius 1 is 1.08 bits per heavy atom. The molecule has 0 saturated heterocycles. The summed E-state index contributed by atoms with van der Waals surface area (Å²) in [6, 6.07) is 13.2. The molecule has 3 rings (SSSR count). The molecule has 0 atom stereocenters. The molecule has 0 aliphatic carbocycles. The lowest BCUT2D eigenvalue weighted by Crippen LogP contribution is -2.18. The van der Waals surface area contributed by atoms with Crippen molar-refractivity contribution in [3.63, 3.8) is 0 Å². The van der Waals surface area contributed by atoms with Crippen LogP contribution in [0.4, 0.5) is 4.39 Å². The van der Waals surface area contributed by atoms with E-state index in [4.69, 9.17) is 4.74 Å². The molecule has 0 aliphatic heterocycles. The van der Waals surface area contributed by atoms with E-state index in [9.17, 15) is 14.0 Å². The van der Waals surface area contributed by atoms with Crippen molar-refractivity contribution in [1.29, 1.82) is 0 Å². The SMILES string of the molecule is CCc1nc2ccccc2c(C)c1C(=O)OCC(=O)c1ccccc1F. The molecule has 0 spiro atoms. The number of fused-ring (bicyclic) bond motifs is 1. The van der Waals surface area contributed by atoms with Gasteiger partial charge in [-0.3, -0.25) is 9.78 Å². The third-order valence-electron chi connectivity index (χ3n) is 4.27. The summed E-state index contributed by atoms with van der Waals surface area (Å²) in [4.78, 5) is 29.3. The van der Waals surface area contributed by atoms with Gasteiger partial charge in [0.05, 0.1) is 22.3 Å². The Morgan fingerprint density at radius 2 is 1.77 bits per heavy atom. The topological polar surface area (TPSA) is 56.3 Å². The number of benzene rings is 2. The normalized spacial score (nSPS) is 10.7. The number of carbonyl (C=O) groups is 2. The van der Waals surface area contributed by atoms with E-state index in [1.54, 1.807) is 6.07 Å². The summed E-state index contributed by atoms with van der Waals surface area (Å²) in [5.74, 6) is -1.84. The van der Waals surface area contributed by atoms with Gasteiger partial charge in [-0.05, 0) is 37.1 Å². The molecular weight excluding hydrogens is 333 g/mol. The molecule has 0 aliphatic rings. The number of ether oxygens (including phenoxy) is 1. The molecule has 0 fully saturated rings. The van der Waals surface area contributed by atoms with Gasteiger partial charge < -0.3 is 4.74 Å². The second-order valence-corrected chi connectivity index (χ2v) is 5.91. The minimum absolute atomic E-state index is 0.0932. The van der Waals surface area contributed by atoms with Crippen LogP contribution in [0.3, 0.4) is 0 Å². The third-order valence-corrected chi connectivity index (χ3v) is 4.27. The molecule has 3 aromatic rings. The number of carbonyl (C=O) groups excluding carboxylic acids is 2. The fourth-order valence-electron chi connectivity index (χ4n) is 2.94. The molecule has 0 unspecified atom stereocenters. The number of aryl methyl sites for hydroxylation is 2. The maximum atomic E-state index is 13.7. The summed E-state index contributed by atoms with van der Waals surface area (Å²) < 4.78 is 18.8. The molecule has 0 radical (unpaired) electrons. The minimum Gasteiger partial charge on any atom is -0.454 e. The highest BCUT2D eigenvalue weighted by Crippen LogP contribution is 2.24. The lowest BCUT2D eigenvalue weighted by Gasteiger charge is -2.13. The maximum absolute atomic E-state index is 13.7. The summed E-state index contributed by atoms with van der Waals surface area (Å²) >= 11 is 0. The van der Waals surface area contributed by atoms with Crippen molar-refractivity contribution in [1.82, 2.24) is 4.98 Å². The van der Waals surface area contributed by atoms with E-state index >= 15 is 0 Å². The number of Topliss-reactive ketones (excluding diaryl/α,β-unsaturated/α-hetero) is 1. The van der Waals surface area contributed by atoms with Crippen molar-refractivity contribution in [3.05, 3.63) is 76.7 Å². The summed E-state index contributed by atoms with van der Waals surface area (Å²) in [7, 11) is 0. The van der Waals surface area contributed by atoms with Crippen LogP contribution < -0.4 is 0 Å². The Bertz CT molecular complexity index is 998. The summed E-state index contributed by atoms with van der Waals surface area (Å²) in [6.45, 7) is 3.21. The Morgan fingerprint density at radius 3 is 2.50 bits per heavy atom. The van der Waals surface area contributed by atoms with Crippen molar-refractivity contribution >= 4 is 22.7 Å². The van der Waals surface area contributed by atoms with Gasteiger partial charge >= 0.3 is 5.97 Å². The lowest BCUT2D eigenvalue weighted by atomic mass is 10.0. The number of ketones is 1. The molecular formula is C21H18FNO3. The number of halogens is 1. The van der Waals surface area contributed by atoms with Crippen molar-refractivity contribution in [3.8, 4) is 0 Å². The van der Waals surface area contributed by atoms with Crippen LogP contribution >= 0.6 is 0 Å². The summed E-state index contributed by atoms with van der Waals surface area (Å²) in [6.07, 6.45) is 0.553. The molecule has 0 N–H and O–H groups in total. The van der Waals surface area contributed by atoms with Gasteiger partial charge in [0, 0.05) is 5.39 Å². The van der Waals surface area contributed by atoms with Crippen LogP contribution in [-0.2, 0) is 11.2 Å². The molecule has 1 aromatic heterocycles. The van der Waals surface area contributed by atoms with E-state index in [2.05, 4.69) is 4.98 Å². The predicted molar refractivity (Wildman–Crippen MR) is 96.9 cm³/mol. The van der Waals surface area contributed by atoms with Crippen molar-refractivity contribution in [2.45, 2.75) is 20.3 Å². The fourth-order valence-corrected chi connectivity index (χ4v) is 2.94. The molecule has 132 valence electrons. The van der Waals surface area contributed by atoms with Crippen LogP contribution in [0.1, 0.15) is 38.9 Å². The highest BCUT2D eigenvalue weighted by atomic mass is 19.1. The average molecular weight is 351 g/mol. The zero-order valence-corrected chi connectivity index (χ0v) is 14.6. The minimum atomic E-state index is -0.633. The average Bonchev–Trinajstić information content (AvgIpc) is 2.66. The van der Waals surface area contributed by atoms with Gasteiger partial charge in [0.2, 0.25) is 5.78 Å². The first-order valence-electron chi connectivity index (χ1n) is 8.36. The predicted octanol–water partition coefficient (Wildman–Crippen LogP) is 4.28. The van der Waals surface area contributed by atoms with Crippen LogP contribution in [-0.4, -0.2) is 23.3 Å². The molecule has 0 bridgehead atoms. The fraction of sp³-hybridized carbons (Fsp3) is 0.190. The van der Waals surface area contributed by atoms with Crippen LogP contribution in [0.15, 0.2) is 48.5 Å². The number of hydrogen-bond acceptors (Lipinski definition) is 4. The van der Waals surface area contributed by atoms with Crippen molar-refractivity contribution in [2.75, 3.05) is 6.61 Å². The number of aromatic nitrogens is 1. The smallest absolute Gasteiger partial charge is 0.340 e. The Hall–Kier alpha value is -3.08. The highest BCUT2D eigenvalue weighted by molar-refractivity contribution is 6.01. The standard InChI is InChI=1S/C21H18FNO3/c1-3-17-20(13(2)14-8-5-7-11-18(14)23-17)21(25)26-12-19(24)15-9-4-6-10-16(15)22/h4-11H,3,12H2,1-2H3. The molecule has 0 amide bonds. The molecule has 26 heavy (non-hydrogen) atoms. The van der Waals surface area contributed by atoms with Crippen LogP contribution in [0.25, 0.3) is 10.9 Å². The number of esters is 1. The summed E-state index contributed by atoms with van der Waals surface area (Å²) in [5, 5.41) is 0.858. The first kappa shape index (κ1) is 17.7. The van der Waals surface area contributed by atoms with Gasteiger partial charge in [-0.1, -0.05) is 37.3 Å². The van der Waals surface area contributed by atoms with Gasteiger partial charge in [0.15, 0.2) is 6.61 Å². The summed E-state index contributed by atoms with van der Waals surface area (Å²) in [5.41, 5.74) is 2.46. The van der Waals surface area contributed by atoms with E-state index in [-0.39, 0.29) is 5.56 Å². The van der Waals surface area contributed by atoms with Gasteiger partial charge in [-0.15, -0.1) is 0 Å². The van der Waals surface area contributed by atoms with E-state index in [1.807, 2.05) is 38.1 Å². The number of pyridine rings is 1. The third kappa shape index (κ3) is 3.33. The second kappa shape index (κ2) is 7.44. The molecule has 1 heterocycles. The van der Waals surface area contributed by atoms with E-state index in [0.29, 0.717) is 17.7 Å². The van der Waals surface area contributed by atoms with Crippen molar-refractivity contribution < 1.29 is 18.7 Å². The van der Waals surface area contributed by atoms with E-state index in [1.165, 1.54) is 18.2 Å². The zero-order valence-electron chi connectivity index (χ0n) is 14.6. The van der Waals surface area contributed by atoms with Crippen molar-refractivity contribution in [2.24, 2.45) is 0 Å². The highest BCUT2D eigenvalue weighted by Gasteiger charge is 2.21. The first-order valence-corrected chi connectivity index (χ1v) is 8.36. The largest absolute Gasteiger partial charge is 0.454 e. The van der Waals surface area contributed by atoms with Crippen LogP contribution in [0, 0.1) is 12.7 Å². The number of rotatable bonds is 5. The molecule has 5 heteroatoms. The van der Waals surface area contributed by atoms with Gasteiger partial charge in [-0.25, -0.2) is 9.18 Å². The maximum Gasteiger partial charge on any atom is 0.340 e. The first-order chi connectivity index (χ1) is 12.5. The van der Waals surface area contributed by atoms with Gasteiger partial charge in [-0.2, -0.15) is 0 Å². The van der Waals surface area contributed by atoms with Crippen LogP contribution in [0.2, 0.25) is 0 Å². The van der Waals surface area contributed by atoms with Crippen LogP contribution in [0.5, 0.6) is 0 Å². The Balaban J connectivity index is 1.87. The molecule has 2 aromatic carbocycles. The van der Waals surface area contributed by atoms with E-state index in [0.717, 1.165) is 16.5 Å². The van der Waals surface area contributed by atoms with Gasteiger partial charge in [0.25, 0.3) is 0 Å². The number of hydrogen-bond donors (Lipinski definition) is 0. The van der Waals surface area contributed by atoms with E-state index < -0.39 is 24.2 Å².